The summed E-state index contributed by atoms with van der Waals surface area (Å²) >= 11 is 1.04. The van der Waals surface area contributed by atoms with E-state index in [4.69, 9.17) is 4.42 Å². The van der Waals surface area contributed by atoms with E-state index in [2.05, 4.69) is 15.2 Å². The van der Waals surface area contributed by atoms with Gasteiger partial charge in [-0.3, -0.25) is 4.31 Å². The molecule has 0 fully saturated rings. The van der Waals surface area contributed by atoms with Gasteiger partial charge in [0.1, 0.15) is 16.1 Å². The summed E-state index contributed by atoms with van der Waals surface area (Å²) in [6.45, 7) is 2.76. The Morgan fingerprint density at radius 3 is 2.62 bits per heavy atom. The van der Waals surface area contributed by atoms with Crippen LogP contribution in [0, 0.1) is 0 Å². The van der Waals surface area contributed by atoms with Gasteiger partial charge in [0.05, 0.1) is 24.2 Å². The van der Waals surface area contributed by atoms with Crippen LogP contribution in [-0.4, -0.2) is 29.4 Å². The number of rotatable bonds is 8. The van der Waals surface area contributed by atoms with Crippen LogP contribution in [0.1, 0.15) is 42.9 Å². The Bertz CT molecular complexity index is 1080. The molecule has 3 aromatic rings. The molecule has 0 aliphatic carbocycles. The summed E-state index contributed by atoms with van der Waals surface area (Å²) in [7, 11) is -3.69. The van der Waals surface area contributed by atoms with Gasteiger partial charge in [0.15, 0.2) is 0 Å². The van der Waals surface area contributed by atoms with E-state index in [0.717, 1.165) is 15.6 Å². The summed E-state index contributed by atoms with van der Waals surface area (Å²) in [5.41, 5.74) is 0.660. The quantitative estimate of drug-likeness (QED) is 0.506. The van der Waals surface area contributed by atoms with Crippen molar-refractivity contribution >= 4 is 27.0 Å². The fourth-order valence-corrected chi connectivity index (χ4v) is 4.44. The summed E-state index contributed by atoms with van der Waals surface area (Å²) in [6, 6.07) is 6.19. The lowest BCUT2D eigenvalue weighted by atomic mass is 10.1. The molecule has 2 heterocycles. The number of hydrogen-bond acceptors (Lipinski definition) is 7. The molecule has 1 unspecified atom stereocenters. The minimum absolute atomic E-state index is 0.110. The smallest absolute Gasteiger partial charge is 0.314 e. The number of thiazole rings is 1. The Morgan fingerprint density at radius 1 is 1.24 bits per heavy atom. The molecule has 0 saturated heterocycles. The maximum Gasteiger partial charge on any atom is 0.314 e. The average molecular weight is 446 g/mol. The van der Waals surface area contributed by atoms with Crippen molar-refractivity contribution in [2.45, 2.75) is 33.0 Å². The Kier molecular flexibility index (Phi) is 6.22. The van der Waals surface area contributed by atoms with Crippen molar-refractivity contribution in [1.29, 1.82) is 0 Å². The van der Waals surface area contributed by atoms with E-state index in [1.165, 1.54) is 26.1 Å². The van der Waals surface area contributed by atoms with Gasteiger partial charge in [0, 0.05) is 0 Å². The van der Waals surface area contributed by atoms with Crippen molar-refractivity contribution in [3.8, 4) is 10.8 Å². The fourth-order valence-electron chi connectivity index (χ4n) is 2.46. The Labute approximate surface area is 169 Å². The van der Waals surface area contributed by atoms with Crippen LogP contribution in [0.2, 0.25) is 0 Å². The molecule has 12 heteroatoms. The van der Waals surface area contributed by atoms with Gasteiger partial charge in [-0.1, -0.05) is 12.1 Å². The van der Waals surface area contributed by atoms with Crippen LogP contribution in [-0.2, 0) is 16.6 Å². The number of hydrogen-bond donors (Lipinski definition) is 0. The van der Waals surface area contributed by atoms with Gasteiger partial charge in [-0.25, -0.2) is 17.8 Å². The average Bonchev–Trinajstić information content (AvgIpc) is 3.35. The molecule has 0 saturated carbocycles. The Morgan fingerprint density at radius 2 is 2.00 bits per heavy atom. The molecular formula is C17H17F3N4O3S2. The topological polar surface area (TPSA) is 89.2 Å². The largest absolute Gasteiger partial charge is 0.414 e. The van der Waals surface area contributed by atoms with Crippen LogP contribution in [0.4, 0.5) is 18.9 Å². The van der Waals surface area contributed by atoms with Crippen molar-refractivity contribution in [3.05, 3.63) is 46.9 Å². The second-order valence-electron chi connectivity index (χ2n) is 5.98. The maximum atomic E-state index is 13.7. The summed E-state index contributed by atoms with van der Waals surface area (Å²) in [6.07, 6.45) is -2.80. The van der Waals surface area contributed by atoms with E-state index in [0.29, 0.717) is 21.1 Å². The number of benzene rings is 1. The van der Waals surface area contributed by atoms with Crippen LogP contribution in [0.5, 0.6) is 0 Å². The van der Waals surface area contributed by atoms with E-state index in [1.54, 1.807) is 18.2 Å². The third kappa shape index (κ3) is 4.75. The van der Waals surface area contributed by atoms with E-state index in [1.807, 2.05) is 0 Å². The summed E-state index contributed by atoms with van der Waals surface area (Å²) < 4.78 is 70.2. The van der Waals surface area contributed by atoms with Crippen molar-refractivity contribution in [3.63, 3.8) is 0 Å². The number of anilines is 1. The number of halogens is 3. The molecule has 7 nitrogen and oxygen atoms in total. The molecule has 1 atom stereocenters. The van der Waals surface area contributed by atoms with Gasteiger partial charge in [0.2, 0.25) is 10.0 Å². The summed E-state index contributed by atoms with van der Waals surface area (Å²) in [4.78, 5) is 4.47. The van der Waals surface area contributed by atoms with Gasteiger partial charge in [-0.15, -0.1) is 21.5 Å². The second kappa shape index (κ2) is 8.49. The van der Waals surface area contributed by atoms with Gasteiger partial charge < -0.3 is 4.42 Å². The van der Waals surface area contributed by atoms with E-state index < -0.39 is 28.5 Å². The minimum atomic E-state index is -3.69. The van der Waals surface area contributed by atoms with E-state index in [-0.39, 0.29) is 18.2 Å². The highest BCUT2D eigenvalue weighted by Gasteiger charge is 2.24. The molecule has 3 rings (SSSR count). The minimum Gasteiger partial charge on any atom is -0.414 e. The first kappa shape index (κ1) is 21.2. The third-order valence-corrected chi connectivity index (χ3v) is 6.70. The van der Waals surface area contributed by atoms with Gasteiger partial charge in [-0.05, 0) is 31.5 Å². The SMILES string of the molecule is CCS(=O)(=O)N(Cc1ncc(-c2nnc(C(F)F)o2)s1)c1cccc(C(C)F)c1. The molecule has 29 heavy (non-hydrogen) atoms. The Balaban J connectivity index is 1.91. The highest BCUT2D eigenvalue weighted by Crippen LogP contribution is 2.31. The van der Waals surface area contributed by atoms with Crippen LogP contribution in [0.25, 0.3) is 10.8 Å². The highest BCUT2D eigenvalue weighted by molar-refractivity contribution is 7.92. The molecule has 0 aliphatic rings. The molecule has 0 N–H and O–H groups in total. The van der Waals surface area contributed by atoms with E-state index >= 15 is 0 Å². The molecule has 2 aromatic heterocycles. The molecule has 0 spiro atoms. The molecular weight excluding hydrogens is 429 g/mol. The number of alkyl halides is 3. The first-order chi connectivity index (χ1) is 13.7. The van der Waals surface area contributed by atoms with Crippen LogP contribution in [0.3, 0.4) is 0 Å². The second-order valence-corrected chi connectivity index (χ2v) is 9.28. The van der Waals surface area contributed by atoms with Crippen molar-refractivity contribution in [2.75, 3.05) is 10.1 Å². The lowest BCUT2D eigenvalue weighted by Crippen LogP contribution is -2.31. The number of nitrogens with zero attached hydrogens (tertiary/aromatic N) is 4. The Hall–Kier alpha value is -2.47. The van der Waals surface area contributed by atoms with Crippen LogP contribution < -0.4 is 4.31 Å². The molecule has 0 amide bonds. The zero-order chi connectivity index (χ0) is 21.2. The van der Waals surface area contributed by atoms with Gasteiger partial charge >= 0.3 is 6.43 Å². The van der Waals surface area contributed by atoms with Gasteiger partial charge in [-0.2, -0.15) is 8.78 Å². The van der Waals surface area contributed by atoms with Crippen molar-refractivity contribution < 1.29 is 26.0 Å². The first-order valence-electron chi connectivity index (χ1n) is 8.52. The zero-order valence-corrected chi connectivity index (χ0v) is 17.1. The van der Waals surface area contributed by atoms with Crippen LogP contribution in [0.15, 0.2) is 34.9 Å². The summed E-state index contributed by atoms with van der Waals surface area (Å²) in [5, 5.41) is 7.20. The number of aromatic nitrogens is 3. The lowest BCUT2D eigenvalue weighted by molar-refractivity contribution is 0.116. The van der Waals surface area contributed by atoms with Crippen LogP contribution >= 0.6 is 11.3 Å². The maximum absolute atomic E-state index is 13.7. The van der Waals surface area contributed by atoms with Crippen molar-refractivity contribution in [1.82, 2.24) is 15.2 Å². The first-order valence-corrected chi connectivity index (χ1v) is 10.9. The summed E-state index contributed by atoms with van der Waals surface area (Å²) in [5.74, 6) is -1.09. The highest BCUT2D eigenvalue weighted by atomic mass is 32.2. The fraction of sp³-hybridized carbons (Fsp3) is 0.353. The monoisotopic (exact) mass is 446 g/mol. The molecule has 156 valence electrons. The van der Waals surface area contributed by atoms with E-state index in [9.17, 15) is 21.6 Å². The molecule has 1 aromatic carbocycles. The standard InChI is InChI=1S/C17H17F3N4O3S2/c1-3-29(25,26)24(12-6-4-5-11(7-12)10(2)18)9-14-21-8-13(28-14)16-22-23-17(27-16)15(19)20/h4-8,10,15H,3,9H2,1-2H3. The predicted molar refractivity (Wildman–Crippen MR) is 102 cm³/mol. The van der Waals surface area contributed by atoms with Gasteiger partial charge in [0.25, 0.3) is 11.8 Å². The third-order valence-electron chi connectivity index (χ3n) is 3.99. The lowest BCUT2D eigenvalue weighted by Gasteiger charge is -2.23. The molecule has 0 aliphatic heterocycles. The normalized spacial score (nSPS) is 13.0. The molecule has 0 radical (unpaired) electrons. The molecule has 0 bridgehead atoms. The predicted octanol–water partition coefficient (Wildman–Crippen LogP) is 4.52. The zero-order valence-electron chi connectivity index (χ0n) is 15.4. The van der Waals surface area contributed by atoms with Crippen molar-refractivity contribution in [2.24, 2.45) is 0 Å². The number of sulfonamides is 1.